The summed E-state index contributed by atoms with van der Waals surface area (Å²) in [4.78, 5) is 27.2. The van der Waals surface area contributed by atoms with Crippen LogP contribution in [-0.2, 0) is 18.8 Å². The number of aliphatic imine (C=N–C) groups is 1. The van der Waals surface area contributed by atoms with Crippen LogP contribution in [0, 0.1) is 0 Å². The number of fused-ring (bicyclic) bond motifs is 2. The molecule has 3 saturated heterocycles. The molecular weight excluding hydrogens is 601 g/mol. The fourth-order valence-corrected chi connectivity index (χ4v) is 6.32. The van der Waals surface area contributed by atoms with Gasteiger partial charge in [-0.2, -0.15) is 0 Å². The molecule has 1 unspecified atom stereocenters. The highest BCUT2D eigenvalue weighted by atomic mass is 16.7. The lowest BCUT2D eigenvalue weighted by molar-refractivity contribution is -0.228. The Hall–Kier alpha value is -4.08. The van der Waals surface area contributed by atoms with Crippen molar-refractivity contribution in [3.05, 3.63) is 83.9 Å². The van der Waals surface area contributed by atoms with Gasteiger partial charge in [0.25, 0.3) is 0 Å². The van der Waals surface area contributed by atoms with Crippen LogP contribution in [0.15, 0.2) is 77.8 Å². The van der Waals surface area contributed by atoms with Gasteiger partial charge in [0.1, 0.15) is 12.2 Å². The zero-order valence-corrected chi connectivity index (χ0v) is 26.3. The predicted molar refractivity (Wildman–Crippen MR) is 179 cm³/mol. The molecule has 244 valence electrons. The number of aliphatic hydroxyl groups is 2. The van der Waals surface area contributed by atoms with Crippen molar-refractivity contribution in [3.8, 4) is 5.88 Å². The zero-order chi connectivity index (χ0) is 32.7. The molecule has 12 nitrogen and oxygen atoms in total. The number of aromatic nitrogens is 1. The molecule has 3 aromatic carbocycles. The first kappa shape index (κ1) is 31.5. The van der Waals surface area contributed by atoms with Crippen molar-refractivity contribution >= 4 is 46.5 Å². The highest BCUT2D eigenvalue weighted by Gasteiger charge is 2.49. The molecule has 4 heterocycles. The fraction of sp³-hybridized carbons (Fsp3) is 0.353. The minimum atomic E-state index is -1.33. The first-order valence-corrected chi connectivity index (χ1v) is 15.8. The first-order valence-electron chi connectivity index (χ1n) is 15.8. The van der Waals surface area contributed by atoms with E-state index in [2.05, 4.69) is 21.8 Å². The third kappa shape index (κ3) is 6.43. The molecule has 4 N–H and O–H groups in total. The van der Waals surface area contributed by atoms with Crippen LogP contribution in [-0.4, -0.2) is 127 Å². The van der Waals surface area contributed by atoms with Gasteiger partial charge in [0.15, 0.2) is 12.2 Å². The molecule has 0 radical (unpaired) electrons. The number of benzene rings is 3. The van der Waals surface area contributed by atoms with Gasteiger partial charge in [-0.1, -0.05) is 42.5 Å². The topological polar surface area (TPSA) is 143 Å². The molecule has 4 atom stereocenters. The van der Waals surface area contributed by atoms with E-state index in [4.69, 9.17) is 19.0 Å². The highest BCUT2D eigenvalue weighted by Crippen LogP contribution is 2.33. The summed E-state index contributed by atoms with van der Waals surface area (Å²) in [6.45, 7) is 4.15. The molecule has 0 spiro atoms. The Morgan fingerprint density at radius 3 is 2.51 bits per heavy atom. The monoisotopic (exact) mass is 639 g/mol. The number of nitrogens with one attached hydrogen (secondary N) is 1. The maximum atomic E-state index is 13.0. The third-order valence-electron chi connectivity index (χ3n) is 9.17. The largest absolute Gasteiger partial charge is 0.494 e. The lowest BCUT2D eigenvalue weighted by atomic mass is 9.79. The minimum Gasteiger partial charge on any atom is -0.494 e. The van der Waals surface area contributed by atoms with E-state index in [1.165, 1.54) is 0 Å². The summed E-state index contributed by atoms with van der Waals surface area (Å²) >= 11 is 0. The molecule has 3 aliphatic rings. The van der Waals surface area contributed by atoms with Gasteiger partial charge in [-0.05, 0) is 42.8 Å². The van der Waals surface area contributed by atoms with Gasteiger partial charge in [0.2, 0.25) is 5.91 Å². The van der Waals surface area contributed by atoms with Crippen LogP contribution in [0.5, 0.6) is 5.88 Å². The number of carbonyl (C=O) groups is 1. The molecule has 4 aromatic rings. The van der Waals surface area contributed by atoms with E-state index in [-0.39, 0.29) is 18.4 Å². The quantitative estimate of drug-likeness (QED) is 0.175. The summed E-state index contributed by atoms with van der Waals surface area (Å²) < 4.78 is 17.1. The number of hydrogen-bond acceptors (Lipinski definition) is 10. The summed E-state index contributed by atoms with van der Waals surface area (Å²) in [5.41, 5.74) is 4.69. The van der Waals surface area contributed by atoms with E-state index in [1.807, 2.05) is 72.8 Å². The average Bonchev–Trinajstić information content (AvgIpc) is 3.67. The number of aromatic amines is 1. The fourth-order valence-electron chi connectivity index (χ4n) is 6.32. The number of H-pyrrole nitrogens is 1. The average molecular weight is 640 g/mol. The zero-order valence-electron chi connectivity index (χ0n) is 26.3. The number of aromatic hydroxyl groups is 1. The standard InChI is InChI=1S/C34H38BN5O7/c1-38-14-16-40(17-15-38)19-28(41)39(2)24-11-9-23(10-12-24)36-30(21-6-4-3-5-7-21)29-25-13-8-22(18-26(25)37-33(29)43)35-46-27-20-45-34(44)31(42)32(27)47-35/h3-13,18,27,31-32,34,37,42-44H,14-17,19-20H2,1-2H3/t27-,31+,32-,34?/m1/s1. The van der Waals surface area contributed by atoms with E-state index in [0.29, 0.717) is 34.5 Å². The van der Waals surface area contributed by atoms with Crippen molar-refractivity contribution in [2.45, 2.75) is 24.6 Å². The lowest BCUT2D eigenvalue weighted by Crippen LogP contribution is -2.51. The number of aliphatic hydroxyl groups excluding tert-OH is 2. The van der Waals surface area contributed by atoms with Crippen LogP contribution in [0.3, 0.4) is 0 Å². The number of ether oxygens (including phenoxy) is 1. The predicted octanol–water partition coefficient (Wildman–Crippen LogP) is 1.44. The van der Waals surface area contributed by atoms with Crippen LogP contribution < -0.4 is 10.4 Å². The number of nitrogens with zero attached hydrogens (tertiary/aromatic N) is 4. The second-order valence-corrected chi connectivity index (χ2v) is 12.4. The van der Waals surface area contributed by atoms with Crippen molar-refractivity contribution in [2.75, 3.05) is 58.3 Å². The second-order valence-electron chi connectivity index (χ2n) is 12.4. The molecular formula is C34H38BN5O7. The van der Waals surface area contributed by atoms with Crippen LogP contribution >= 0.6 is 0 Å². The molecule has 0 bridgehead atoms. The summed E-state index contributed by atoms with van der Waals surface area (Å²) in [5, 5.41) is 32.1. The van der Waals surface area contributed by atoms with Gasteiger partial charge in [0.05, 0.1) is 36.2 Å². The Kier molecular flexibility index (Phi) is 8.86. The lowest BCUT2D eigenvalue weighted by Gasteiger charge is -2.32. The summed E-state index contributed by atoms with van der Waals surface area (Å²) in [7, 11) is 3.11. The van der Waals surface area contributed by atoms with E-state index in [9.17, 15) is 20.1 Å². The summed E-state index contributed by atoms with van der Waals surface area (Å²) in [5.74, 6) is -0.00684. The van der Waals surface area contributed by atoms with Crippen LogP contribution in [0.25, 0.3) is 10.9 Å². The van der Waals surface area contributed by atoms with E-state index < -0.39 is 31.7 Å². The number of piperazine rings is 1. The molecule has 3 aliphatic heterocycles. The van der Waals surface area contributed by atoms with Crippen LogP contribution in [0.4, 0.5) is 11.4 Å². The van der Waals surface area contributed by atoms with Crippen molar-refractivity contribution in [3.63, 3.8) is 0 Å². The number of amides is 1. The third-order valence-corrected chi connectivity index (χ3v) is 9.17. The number of carbonyl (C=O) groups excluding carboxylic acids is 1. The summed E-state index contributed by atoms with van der Waals surface area (Å²) in [6, 6.07) is 22.7. The Labute approximate surface area is 272 Å². The normalized spacial score (nSPS) is 24.1. The highest BCUT2D eigenvalue weighted by molar-refractivity contribution is 6.62. The van der Waals surface area contributed by atoms with Gasteiger partial charge in [-0.3, -0.25) is 9.69 Å². The van der Waals surface area contributed by atoms with Crippen LogP contribution in [0.2, 0.25) is 0 Å². The number of rotatable bonds is 7. The Morgan fingerprint density at radius 1 is 1.02 bits per heavy atom. The van der Waals surface area contributed by atoms with Crippen LogP contribution in [0.1, 0.15) is 11.1 Å². The maximum Gasteiger partial charge on any atom is 0.494 e. The maximum absolute atomic E-state index is 13.0. The number of anilines is 1. The molecule has 0 saturated carbocycles. The number of hydrogen-bond donors (Lipinski definition) is 4. The summed E-state index contributed by atoms with van der Waals surface area (Å²) in [6.07, 6.45) is -3.78. The van der Waals surface area contributed by atoms with Gasteiger partial charge < -0.3 is 44.1 Å². The molecule has 13 heteroatoms. The Morgan fingerprint density at radius 2 is 1.77 bits per heavy atom. The van der Waals surface area contributed by atoms with Gasteiger partial charge >= 0.3 is 7.12 Å². The number of likely N-dealkylation sites (N-methyl/N-ethyl adjacent to an activating group) is 2. The molecule has 3 fully saturated rings. The van der Waals surface area contributed by atoms with Crippen molar-refractivity contribution in [1.82, 2.24) is 14.8 Å². The smallest absolute Gasteiger partial charge is 0.494 e. The van der Waals surface area contributed by atoms with Gasteiger partial charge in [0, 0.05) is 55.4 Å². The molecule has 7 rings (SSSR count). The van der Waals surface area contributed by atoms with E-state index in [0.717, 1.165) is 42.8 Å². The van der Waals surface area contributed by atoms with E-state index >= 15 is 0 Å². The van der Waals surface area contributed by atoms with Crippen molar-refractivity contribution in [2.24, 2.45) is 4.99 Å². The molecule has 47 heavy (non-hydrogen) atoms. The molecule has 1 aromatic heterocycles. The Bertz CT molecular complexity index is 1760. The first-order chi connectivity index (χ1) is 22.7. The van der Waals surface area contributed by atoms with E-state index in [1.54, 1.807) is 11.9 Å². The van der Waals surface area contributed by atoms with Crippen molar-refractivity contribution < 1.29 is 34.2 Å². The minimum absolute atomic E-state index is 0.0353. The molecule has 0 aliphatic carbocycles. The second kappa shape index (κ2) is 13.2. The molecule has 1 amide bonds. The van der Waals surface area contributed by atoms with Gasteiger partial charge in [-0.25, -0.2) is 4.99 Å². The van der Waals surface area contributed by atoms with Crippen molar-refractivity contribution in [1.29, 1.82) is 0 Å². The Balaban J connectivity index is 1.15. The SMILES string of the molecule is CN1CCN(CC(=O)N(C)c2ccc(N=C(c3ccccc3)c3c(O)[nH]c4cc(B5O[C@H]6[C@H](O)C(O)OC[C@H]6O5)ccc34)cc2)CC1. The van der Waals surface area contributed by atoms with Gasteiger partial charge in [-0.15, -0.1) is 0 Å².